The molecular formula is C14H32N2O. The molecule has 0 spiro atoms. The van der Waals surface area contributed by atoms with Crippen molar-refractivity contribution in [1.82, 2.24) is 10.2 Å². The van der Waals surface area contributed by atoms with Gasteiger partial charge in [0.15, 0.2) is 0 Å². The van der Waals surface area contributed by atoms with E-state index in [1.165, 1.54) is 0 Å². The smallest absolute Gasteiger partial charge is 0.0623 e. The number of nitrogens with zero attached hydrogens (tertiary/aromatic N) is 1. The van der Waals surface area contributed by atoms with Crippen LogP contribution in [-0.2, 0) is 4.74 Å². The molecule has 0 fully saturated rings. The molecule has 0 saturated heterocycles. The minimum absolute atomic E-state index is 0.0317. The van der Waals surface area contributed by atoms with E-state index in [4.69, 9.17) is 4.74 Å². The van der Waals surface area contributed by atoms with Crippen LogP contribution in [0.4, 0.5) is 0 Å². The first kappa shape index (κ1) is 16.9. The number of methoxy groups -OCH3 is 1. The summed E-state index contributed by atoms with van der Waals surface area (Å²) in [5.74, 6) is 0. The Kier molecular flexibility index (Phi) is 6.67. The highest BCUT2D eigenvalue weighted by Gasteiger charge is 2.32. The molecule has 0 aliphatic carbocycles. The van der Waals surface area contributed by atoms with Crippen LogP contribution in [0.5, 0.6) is 0 Å². The molecule has 104 valence electrons. The fourth-order valence-electron chi connectivity index (χ4n) is 1.86. The van der Waals surface area contributed by atoms with Crippen molar-refractivity contribution in [2.75, 3.05) is 27.7 Å². The number of nitrogens with one attached hydrogen (secondary N) is 1. The fraction of sp³-hybridized carbons (Fsp3) is 1.00. The first-order valence-corrected chi connectivity index (χ1v) is 6.63. The second-order valence-electron chi connectivity index (χ2n) is 6.16. The average Bonchev–Trinajstić information content (AvgIpc) is 2.23. The topological polar surface area (TPSA) is 24.5 Å². The fourth-order valence-corrected chi connectivity index (χ4v) is 1.86. The first-order valence-electron chi connectivity index (χ1n) is 6.63. The van der Waals surface area contributed by atoms with Crippen molar-refractivity contribution in [2.24, 2.45) is 0 Å². The zero-order valence-corrected chi connectivity index (χ0v) is 13.1. The Bertz CT molecular complexity index is 212. The normalized spacial score (nSPS) is 15.4. The molecule has 1 unspecified atom stereocenters. The van der Waals surface area contributed by atoms with Crippen LogP contribution in [-0.4, -0.2) is 49.8 Å². The van der Waals surface area contributed by atoms with Crippen molar-refractivity contribution >= 4 is 0 Å². The zero-order valence-electron chi connectivity index (χ0n) is 13.1. The van der Waals surface area contributed by atoms with E-state index in [9.17, 15) is 0 Å². The number of ether oxygens (including phenoxy) is 1. The first-order chi connectivity index (χ1) is 7.67. The molecule has 1 N–H and O–H groups in total. The molecule has 3 nitrogen and oxygen atoms in total. The van der Waals surface area contributed by atoms with Gasteiger partial charge in [0.05, 0.1) is 5.60 Å². The van der Waals surface area contributed by atoms with Gasteiger partial charge >= 0.3 is 0 Å². The van der Waals surface area contributed by atoms with Gasteiger partial charge in [-0.2, -0.15) is 0 Å². The lowest BCUT2D eigenvalue weighted by molar-refractivity contribution is 0.00614. The Morgan fingerprint density at radius 3 is 2.06 bits per heavy atom. The minimum atomic E-state index is -0.0317. The third kappa shape index (κ3) is 5.36. The third-order valence-electron chi connectivity index (χ3n) is 4.04. The van der Waals surface area contributed by atoms with E-state index < -0.39 is 0 Å². The Morgan fingerprint density at radius 1 is 1.18 bits per heavy atom. The monoisotopic (exact) mass is 244 g/mol. The standard InChI is InChI=1S/C14H32N2O/c1-9-15-12(14(4,5)16(6)7)10-11-13(2,3)17-8/h12,15H,9-11H2,1-8H3. The summed E-state index contributed by atoms with van der Waals surface area (Å²) in [6.07, 6.45) is 2.19. The van der Waals surface area contributed by atoms with Gasteiger partial charge in [0.2, 0.25) is 0 Å². The van der Waals surface area contributed by atoms with Crippen molar-refractivity contribution in [1.29, 1.82) is 0 Å². The van der Waals surface area contributed by atoms with E-state index >= 15 is 0 Å². The van der Waals surface area contributed by atoms with Crippen molar-refractivity contribution in [3.8, 4) is 0 Å². The summed E-state index contributed by atoms with van der Waals surface area (Å²) < 4.78 is 5.50. The van der Waals surface area contributed by atoms with E-state index in [1.54, 1.807) is 7.11 Å². The Labute approximate surface area is 108 Å². The van der Waals surface area contributed by atoms with Gasteiger partial charge < -0.3 is 15.0 Å². The molecule has 1 atom stereocenters. The number of hydrogen-bond donors (Lipinski definition) is 1. The summed E-state index contributed by atoms with van der Waals surface area (Å²) in [5, 5.41) is 3.60. The SMILES string of the molecule is CCNC(CCC(C)(C)OC)C(C)(C)N(C)C. The van der Waals surface area contributed by atoms with Crippen molar-refractivity contribution in [3.63, 3.8) is 0 Å². The van der Waals surface area contributed by atoms with Gasteiger partial charge in [-0.3, -0.25) is 0 Å². The van der Waals surface area contributed by atoms with Crippen LogP contribution >= 0.6 is 0 Å². The second-order valence-corrected chi connectivity index (χ2v) is 6.16. The molecule has 0 bridgehead atoms. The summed E-state index contributed by atoms with van der Waals surface area (Å²) in [6, 6.07) is 0.483. The number of likely N-dealkylation sites (N-methyl/N-ethyl adjacent to an activating group) is 2. The lowest BCUT2D eigenvalue weighted by atomic mass is 9.86. The highest BCUT2D eigenvalue weighted by Crippen LogP contribution is 2.24. The molecule has 0 saturated carbocycles. The van der Waals surface area contributed by atoms with Crippen molar-refractivity contribution < 1.29 is 4.74 Å². The summed E-state index contributed by atoms with van der Waals surface area (Å²) in [4.78, 5) is 2.29. The van der Waals surface area contributed by atoms with Gasteiger partial charge in [-0.1, -0.05) is 6.92 Å². The highest BCUT2D eigenvalue weighted by molar-refractivity contribution is 4.92. The van der Waals surface area contributed by atoms with E-state index in [0.29, 0.717) is 6.04 Å². The van der Waals surface area contributed by atoms with Gasteiger partial charge in [-0.05, 0) is 61.2 Å². The molecule has 17 heavy (non-hydrogen) atoms. The summed E-state index contributed by atoms with van der Waals surface area (Å²) in [5.41, 5.74) is 0.121. The van der Waals surface area contributed by atoms with Crippen LogP contribution in [0.1, 0.15) is 47.5 Å². The molecule has 0 aromatic carbocycles. The van der Waals surface area contributed by atoms with Gasteiger partial charge in [-0.15, -0.1) is 0 Å². The molecule has 0 aromatic rings. The van der Waals surface area contributed by atoms with E-state index in [1.807, 2.05) is 0 Å². The molecule has 0 aromatic heterocycles. The predicted molar refractivity (Wildman–Crippen MR) is 75.6 cm³/mol. The van der Waals surface area contributed by atoms with Crippen LogP contribution in [0.3, 0.4) is 0 Å². The lowest BCUT2D eigenvalue weighted by Gasteiger charge is -2.41. The molecule has 0 heterocycles. The second kappa shape index (κ2) is 6.72. The number of rotatable bonds is 8. The maximum absolute atomic E-state index is 5.50. The molecule has 0 radical (unpaired) electrons. The summed E-state index contributed by atoms with van der Waals surface area (Å²) in [7, 11) is 6.08. The molecular weight excluding hydrogens is 212 g/mol. The molecule has 0 rings (SSSR count). The van der Waals surface area contributed by atoms with Gasteiger partial charge in [-0.25, -0.2) is 0 Å². The van der Waals surface area contributed by atoms with Crippen molar-refractivity contribution in [2.45, 2.75) is 64.6 Å². The van der Waals surface area contributed by atoms with E-state index in [-0.39, 0.29) is 11.1 Å². The Hall–Kier alpha value is -0.120. The minimum Gasteiger partial charge on any atom is -0.379 e. The molecule has 0 aliphatic heterocycles. The average molecular weight is 244 g/mol. The van der Waals surface area contributed by atoms with Crippen molar-refractivity contribution in [3.05, 3.63) is 0 Å². The van der Waals surface area contributed by atoms with Crippen LogP contribution in [0.15, 0.2) is 0 Å². The number of hydrogen-bond acceptors (Lipinski definition) is 3. The van der Waals surface area contributed by atoms with Gasteiger partial charge in [0.1, 0.15) is 0 Å². The maximum atomic E-state index is 5.50. The molecule has 3 heteroatoms. The summed E-state index contributed by atoms with van der Waals surface area (Å²) in [6.45, 7) is 12.1. The zero-order chi connectivity index (χ0) is 13.7. The highest BCUT2D eigenvalue weighted by atomic mass is 16.5. The van der Waals surface area contributed by atoms with Crippen LogP contribution in [0.25, 0.3) is 0 Å². The summed E-state index contributed by atoms with van der Waals surface area (Å²) >= 11 is 0. The lowest BCUT2D eigenvalue weighted by Crippen LogP contribution is -2.55. The van der Waals surface area contributed by atoms with Gasteiger partial charge in [0.25, 0.3) is 0 Å². The Balaban J connectivity index is 4.54. The molecule has 0 aliphatic rings. The van der Waals surface area contributed by atoms with Crippen LogP contribution in [0.2, 0.25) is 0 Å². The Morgan fingerprint density at radius 2 is 1.71 bits per heavy atom. The van der Waals surface area contributed by atoms with Crippen LogP contribution < -0.4 is 5.32 Å². The van der Waals surface area contributed by atoms with Crippen LogP contribution in [0, 0.1) is 0 Å². The third-order valence-corrected chi connectivity index (χ3v) is 4.04. The van der Waals surface area contributed by atoms with E-state index in [0.717, 1.165) is 19.4 Å². The largest absolute Gasteiger partial charge is 0.379 e. The van der Waals surface area contributed by atoms with E-state index in [2.05, 4.69) is 58.9 Å². The quantitative estimate of drug-likeness (QED) is 0.710. The maximum Gasteiger partial charge on any atom is 0.0623 e. The predicted octanol–water partition coefficient (Wildman–Crippen LogP) is 2.51. The van der Waals surface area contributed by atoms with Gasteiger partial charge in [0, 0.05) is 18.7 Å². The molecule has 0 amide bonds.